The average Bonchev–Trinajstić information content (AvgIpc) is 2.36. The zero-order valence-electron chi connectivity index (χ0n) is 10.6. The highest BCUT2D eigenvalue weighted by molar-refractivity contribution is 5.49. The lowest BCUT2D eigenvalue weighted by Crippen LogP contribution is -2.36. The number of halogens is 2. The molecule has 1 aliphatic rings. The number of benzene rings is 1. The lowest BCUT2D eigenvalue weighted by Gasteiger charge is -2.31. The third-order valence-electron chi connectivity index (χ3n) is 2.73. The van der Waals surface area contributed by atoms with Crippen molar-refractivity contribution in [1.82, 2.24) is 0 Å². The van der Waals surface area contributed by atoms with Gasteiger partial charge in [0.1, 0.15) is 11.5 Å². The molecule has 1 heterocycles. The van der Waals surface area contributed by atoms with E-state index < -0.39 is 18.4 Å². The second kappa shape index (κ2) is 5.34. The number of fused-ring (bicyclic) bond motifs is 1. The molecule has 1 aromatic rings. The van der Waals surface area contributed by atoms with E-state index in [-0.39, 0.29) is 0 Å². The molecule has 1 atom stereocenters. The highest BCUT2D eigenvalue weighted by Crippen LogP contribution is 2.46. The molecule has 17 heavy (non-hydrogen) atoms. The smallest absolute Gasteiger partial charge is 0.288 e. The minimum Gasteiger partial charge on any atom is -0.496 e. The van der Waals surface area contributed by atoms with Gasteiger partial charge in [0.15, 0.2) is 6.61 Å². The Kier molecular flexibility index (Phi) is 4.32. The van der Waals surface area contributed by atoms with Gasteiger partial charge in [0.25, 0.3) is 5.92 Å². The maximum atomic E-state index is 13.4. The first-order valence-electron chi connectivity index (χ1n) is 5.74. The first kappa shape index (κ1) is 13.7. The van der Waals surface area contributed by atoms with Crippen LogP contribution in [0.1, 0.15) is 32.3 Å². The quantitative estimate of drug-likeness (QED) is 0.747. The Labute approximate surface area is 101 Å². The number of methoxy groups -OCH3 is 1. The van der Waals surface area contributed by atoms with E-state index in [1.807, 2.05) is 13.8 Å². The van der Waals surface area contributed by atoms with E-state index in [0.29, 0.717) is 17.1 Å². The second-order valence-electron chi connectivity index (χ2n) is 3.64. The van der Waals surface area contributed by atoms with E-state index in [0.717, 1.165) is 0 Å². The van der Waals surface area contributed by atoms with Gasteiger partial charge in [-0.3, -0.25) is 0 Å². The summed E-state index contributed by atoms with van der Waals surface area (Å²) in [6, 6.07) is 5.08. The Morgan fingerprint density at radius 2 is 2.00 bits per heavy atom. The molecule has 0 bridgehead atoms. The van der Waals surface area contributed by atoms with Crippen molar-refractivity contribution in [2.45, 2.75) is 32.6 Å². The standard InChI is InChI=1S/C11H12F2O2.C2H6/c1-7-10-8(14-2)4-3-5-9(10)15-6-11(7,12)13;1-2/h3-5,7H,6H2,1-2H3;1-2H3. The van der Waals surface area contributed by atoms with Crippen molar-refractivity contribution >= 4 is 0 Å². The Hall–Kier alpha value is -1.32. The average molecular weight is 244 g/mol. The van der Waals surface area contributed by atoms with Crippen LogP contribution < -0.4 is 9.47 Å². The molecule has 0 aliphatic carbocycles. The Morgan fingerprint density at radius 3 is 2.59 bits per heavy atom. The van der Waals surface area contributed by atoms with Crippen LogP contribution in [0.5, 0.6) is 11.5 Å². The molecule has 1 aliphatic heterocycles. The van der Waals surface area contributed by atoms with Crippen LogP contribution in [-0.4, -0.2) is 19.6 Å². The van der Waals surface area contributed by atoms with Crippen molar-refractivity contribution in [3.63, 3.8) is 0 Å². The summed E-state index contributed by atoms with van der Waals surface area (Å²) in [6.07, 6.45) is 0. The molecule has 1 aromatic carbocycles. The lowest BCUT2D eigenvalue weighted by atomic mass is 9.91. The van der Waals surface area contributed by atoms with Gasteiger partial charge in [0.2, 0.25) is 0 Å². The maximum absolute atomic E-state index is 13.4. The fraction of sp³-hybridized carbons (Fsp3) is 0.538. The van der Waals surface area contributed by atoms with E-state index in [4.69, 9.17) is 9.47 Å². The Balaban J connectivity index is 0.000000686. The number of rotatable bonds is 1. The van der Waals surface area contributed by atoms with Crippen LogP contribution in [0, 0.1) is 0 Å². The van der Waals surface area contributed by atoms with Crippen LogP contribution in [0.3, 0.4) is 0 Å². The van der Waals surface area contributed by atoms with E-state index in [1.54, 1.807) is 18.2 Å². The summed E-state index contributed by atoms with van der Waals surface area (Å²) in [4.78, 5) is 0. The van der Waals surface area contributed by atoms with Crippen molar-refractivity contribution < 1.29 is 18.3 Å². The second-order valence-corrected chi connectivity index (χ2v) is 3.64. The van der Waals surface area contributed by atoms with Crippen LogP contribution in [-0.2, 0) is 0 Å². The topological polar surface area (TPSA) is 18.5 Å². The third-order valence-corrected chi connectivity index (χ3v) is 2.73. The molecule has 0 amide bonds. The Morgan fingerprint density at radius 1 is 1.35 bits per heavy atom. The van der Waals surface area contributed by atoms with Gasteiger partial charge in [-0.25, -0.2) is 8.78 Å². The number of hydrogen-bond donors (Lipinski definition) is 0. The molecule has 1 unspecified atom stereocenters. The van der Waals surface area contributed by atoms with Crippen LogP contribution in [0.25, 0.3) is 0 Å². The van der Waals surface area contributed by atoms with Crippen molar-refractivity contribution in [3.8, 4) is 11.5 Å². The summed E-state index contributed by atoms with van der Waals surface area (Å²) in [5.74, 6) is -2.76. The van der Waals surface area contributed by atoms with Gasteiger partial charge in [0.05, 0.1) is 13.0 Å². The highest BCUT2D eigenvalue weighted by Gasteiger charge is 2.44. The molecule has 0 spiro atoms. The van der Waals surface area contributed by atoms with Crippen molar-refractivity contribution in [2.24, 2.45) is 0 Å². The largest absolute Gasteiger partial charge is 0.496 e. The van der Waals surface area contributed by atoms with Gasteiger partial charge in [-0.1, -0.05) is 26.8 Å². The monoisotopic (exact) mass is 244 g/mol. The predicted octanol–water partition coefficient (Wildman–Crippen LogP) is 3.85. The molecule has 0 saturated heterocycles. The normalized spacial score (nSPS) is 20.5. The molecule has 0 N–H and O–H groups in total. The molecule has 0 fully saturated rings. The van der Waals surface area contributed by atoms with Gasteiger partial charge in [-0.05, 0) is 12.1 Å². The van der Waals surface area contributed by atoms with E-state index in [1.165, 1.54) is 14.0 Å². The lowest BCUT2D eigenvalue weighted by molar-refractivity contribution is -0.0728. The van der Waals surface area contributed by atoms with E-state index >= 15 is 0 Å². The first-order chi connectivity index (χ1) is 8.06. The van der Waals surface area contributed by atoms with Crippen LogP contribution in [0.2, 0.25) is 0 Å². The summed E-state index contributed by atoms with van der Waals surface area (Å²) < 4.78 is 36.9. The van der Waals surface area contributed by atoms with Gasteiger partial charge >= 0.3 is 0 Å². The van der Waals surface area contributed by atoms with Gasteiger partial charge in [-0.15, -0.1) is 0 Å². The fourth-order valence-electron chi connectivity index (χ4n) is 1.76. The van der Waals surface area contributed by atoms with Crippen LogP contribution in [0.15, 0.2) is 18.2 Å². The summed E-state index contributed by atoms with van der Waals surface area (Å²) in [7, 11) is 1.47. The molecule has 96 valence electrons. The minimum absolute atomic E-state index is 0.455. The molecule has 0 saturated carbocycles. The fourth-order valence-corrected chi connectivity index (χ4v) is 1.76. The molecule has 4 heteroatoms. The summed E-state index contributed by atoms with van der Waals surface area (Å²) in [5.41, 5.74) is 0.455. The van der Waals surface area contributed by atoms with E-state index in [9.17, 15) is 8.78 Å². The summed E-state index contributed by atoms with van der Waals surface area (Å²) in [6.45, 7) is 4.93. The molecule has 2 nitrogen and oxygen atoms in total. The summed E-state index contributed by atoms with van der Waals surface area (Å²) in [5, 5.41) is 0. The van der Waals surface area contributed by atoms with Gasteiger partial charge < -0.3 is 9.47 Å². The molecule has 0 aromatic heterocycles. The van der Waals surface area contributed by atoms with Crippen molar-refractivity contribution in [3.05, 3.63) is 23.8 Å². The predicted molar refractivity (Wildman–Crippen MR) is 63.2 cm³/mol. The first-order valence-corrected chi connectivity index (χ1v) is 5.74. The molecule has 2 rings (SSSR count). The van der Waals surface area contributed by atoms with E-state index in [2.05, 4.69) is 0 Å². The number of alkyl halides is 2. The highest BCUT2D eigenvalue weighted by atomic mass is 19.3. The van der Waals surface area contributed by atoms with Gasteiger partial charge in [-0.2, -0.15) is 0 Å². The molecular formula is C13H18F2O2. The van der Waals surface area contributed by atoms with Crippen LogP contribution >= 0.6 is 0 Å². The van der Waals surface area contributed by atoms with Crippen molar-refractivity contribution in [2.75, 3.05) is 13.7 Å². The maximum Gasteiger partial charge on any atom is 0.288 e. The zero-order valence-corrected chi connectivity index (χ0v) is 10.6. The SMILES string of the molecule is CC.COc1cccc2c1C(C)C(F)(F)CO2. The summed E-state index contributed by atoms with van der Waals surface area (Å²) >= 11 is 0. The van der Waals surface area contributed by atoms with Gasteiger partial charge in [0, 0.05) is 5.56 Å². The zero-order chi connectivity index (χ0) is 13.1. The molecular weight excluding hydrogens is 226 g/mol. The van der Waals surface area contributed by atoms with Crippen molar-refractivity contribution in [1.29, 1.82) is 0 Å². The third kappa shape index (κ3) is 2.51. The number of ether oxygens (including phenoxy) is 2. The Bertz CT molecular complexity index is 363. The van der Waals surface area contributed by atoms with Crippen LogP contribution in [0.4, 0.5) is 8.78 Å². The molecule has 0 radical (unpaired) electrons. The number of hydrogen-bond acceptors (Lipinski definition) is 2. The minimum atomic E-state index is -2.83.